The fourth-order valence-electron chi connectivity index (χ4n) is 3.06. The van der Waals surface area contributed by atoms with Crippen molar-refractivity contribution in [3.05, 3.63) is 23.8 Å². The number of amides is 1. The highest BCUT2D eigenvalue weighted by atomic mass is 32.2. The molecule has 0 saturated carbocycles. The Morgan fingerprint density at radius 2 is 2.13 bits per heavy atom. The number of carboxylic acids is 1. The molecular formula is C17H22N2O3S. The first kappa shape index (κ1) is 16.3. The number of nitrogens with one attached hydrogen (secondary N) is 1. The minimum absolute atomic E-state index is 0.0589. The smallest absolute Gasteiger partial charge is 0.309 e. The van der Waals surface area contributed by atoms with Crippen LogP contribution >= 0.6 is 11.8 Å². The van der Waals surface area contributed by atoms with Crippen molar-refractivity contribution in [1.82, 2.24) is 4.90 Å². The molecule has 0 unspecified atom stereocenters. The van der Waals surface area contributed by atoms with E-state index in [2.05, 4.69) is 28.4 Å². The van der Waals surface area contributed by atoms with Crippen molar-refractivity contribution in [2.24, 2.45) is 5.41 Å². The first-order valence-corrected chi connectivity index (χ1v) is 8.96. The standard InChI is InChI=1S/C17H22N2O3S/c1-17(16(21)22)5-8-19(9-6-17)7-4-12-2-3-14-13(10-12)18-15(20)11-23-14/h2-3,10H,4-9,11H2,1H3,(H,18,20)(H,21,22). The predicted molar refractivity (Wildman–Crippen MR) is 90.9 cm³/mol. The maximum Gasteiger partial charge on any atom is 0.309 e. The van der Waals surface area contributed by atoms with Gasteiger partial charge in [0.05, 0.1) is 16.9 Å². The number of benzene rings is 1. The van der Waals surface area contributed by atoms with E-state index >= 15 is 0 Å². The summed E-state index contributed by atoms with van der Waals surface area (Å²) >= 11 is 1.58. The van der Waals surface area contributed by atoms with Gasteiger partial charge in [-0.3, -0.25) is 9.59 Å². The van der Waals surface area contributed by atoms with Crippen molar-refractivity contribution in [2.45, 2.75) is 31.1 Å². The van der Waals surface area contributed by atoms with Gasteiger partial charge >= 0.3 is 5.97 Å². The number of carbonyl (C=O) groups excluding carboxylic acids is 1. The number of rotatable bonds is 4. The summed E-state index contributed by atoms with van der Waals surface area (Å²) in [6.45, 7) is 4.44. The number of hydrogen-bond acceptors (Lipinski definition) is 4. The van der Waals surface area contributed by atoms with Crippen LogP contribution in [0.5, 0.6) is 0 Å². The molecular weight excluding hydrogens is 312 g/mol. The first-order valence-electron chi connectivity index (χ1n) is 7.98. The first-order chi connectivity index (χ1) is 11.0. The van der Waals surface area contributed by atoms with E-state index < -0.39 is 11.4 Å². The van der Waals surface area contributed by atoms with Crippen LogP contribution in [0.25, 0.3) is 0 Å². The number of fused-ring (bicyclic) bond motifs is 1. The average Bonchev–Trinajstić information content (AvgIpc) is 2.54. The minimum Gasteiger partial charge on any atom is -0.481 e. The van der Waals surface area contributed by atoms with Crippen LogP contribution in [-0.2, 0) is 16.0 Å². The average molecular weight is 334 g/mol. The molecule has 0 radical (unpaired) electrons. The maximum atomic E-state index is 11.5. The van der Waals surface area contributed by atoms with Crippen LogP contribution in [0.15, 0.2) is 23.1 Å². The number of carbonyl (C=O) groups is 2. The number of carboxylic acid groups (broad SMARTS) is 1. The van der Waals surface area contributed by atoms with Crippen LogP contribution in [0.3, 0.4) is 0 Å². The largest absolute Gasteiger partial charge is 0.481 e. The van der Waals surface area contributed by atoms with Crippen LogP contribution in [0.4, 0.5) is 5.69 Å². The fraction of sp³-hybridized carbons (Fsp3) is 0.529. The third kappa shape index (κ3) is 3.70. The maximum absolute atomic E-state index is 11.5. The molecule has 2 N–H and O–H groups in total. The number of hydrogen-bond donors (Lipinski definition) is 2. The van der Waals surface area contributed by atoms with Crippen molar-refractivity contribution in [2.75, 3.05) is 30.7 Å². The van der Waals surface area contributed by atoms with Crippen molar-refractivity contribution in [3.63, 3.8) is 0 Å². The topological polar surface area (TPSA) is 69.6 Å². The Kier molecular flexibility index (Phi) is 4.64. The predicted octanol–water partition coefficient (Wildman–Crippen LogP) is 2.46. The van der Waals surface area contributed by atoms with E-state index in [1.165, 1.54) is 5.56 Å². The molecule has 3 rings (SSSR count). The van der Waals surface area contributed by atoms with Crippen LogP contribution in [0, 0.1) is 5.41 Å². The summed E-state index contributed by atoms with van der Waals surface area (Å²) < 4.78 is 0. The van der Waals surface area contributed by atoms with Gasteiger partial charge in [0.15, 0.2) is 0 Å². The van der Waals surface area contributed by atoms with E-state index in [1.807, 2.05) is 6.92 Å². The van der Waals surface area contributed by atoms with Crippen molar-refractivity contribution in [1.29, 1.82) is 0 Å². The van der Waals surface area contributed by atoms with E-state index in [4.69, 9.17) is 0 Å². The Labute approximate surface area is 140 Å². The zero-order chi connectivity index (χ0) is 16.4. The van der Waals surface area contributed by atoms with Crippen molar-refractivity contribution in [3.8, 4) is 0 Å². The Hall–Kier alpha value is -1.53. The zero-order valence-corrected chi connectivity index (χ0v) is 14.1. The second-order valence-corrected chi connectivity index (χ2v) is 7.64. The summed E-state index contributed by atoms with van der Waals surface area (Å²) in [5.74, 6) is -0.133. The lowest BCUT2D eigenvalue weighted by molar-refractivity contribution is -0.150. The third-order valence-corrected chi connectivity index (χ3v) is 5.94. The van der Waals surface area contributed by atoms with Crippen molar-refractivity contribution < 1.29 is 14.7 Å². The molecule has 0 atom stereocenters. The molecule has 0 bridgehead atoms. The fourth-order valence-corrected chi connectivity index (χ4v) is 3.85. The van der Waals surface area contributed by atoms with Crippen LogP contribution in [0.1, 0.15) is 25.3 Å². The van der Waals surface area contributed by atoms with Gasteiger partial charge in [-0.15, -0.1) is 11.8 Å². The molecule has 1 aromatic rings. The lowest BCUT2D eigenvalue weighted by Gasteiger charge is -2.36. The molecule has 0 aromatic heterocycles. The quantitative estimate of drug-likeness (QED) is 0.885. The summed E-state index contributed by atoms with van der Waals surface area (Å²) in [6, 6.07) is 6.26. The highest BCUT2D eigenvalue weighted by molar-refractivity contribution is 8.00. The lowest BCUT2D eigenvalue weighted by Crippen LogP contribution is -2.43. The van der Waals surface area contributed by atoms with Gasteiger partial charge in [0.2, 0.25) is 5.91 Å². The molecule has 2 aliphatic rings. The number of piperidine rings is 1. The van der Waals surface area contributed by atoms with E-state index in [-0.39, 0.29) is 5.91 Å². The summed E-state index contributed by atoms with van der Waals surface area (Å²) in [4.78, 5) is 26.2. The molecule has 23 heavy (non-hydrogen) atoms. The minimum atomic E-state index is -0.680. The summed E-state index contributed by atoms with van der Waals surface area (Å²) in [7, 11) is 0. The highest BCUT2D eigenvalue weighted by Gasteiger charge is 2.36. The van der Waals surface area contributed by atoms with Gasteiger partial charge in [0, 0.05) is 11.4 Å². The van der Waals surface area contributed by atoms with Crippen LogP contribution in [0.2, 0.25) is 0 Å². The number of anilines is 1. The number of aliphatic carboxylic acids is 1. The van der Waals surface area contributed by atoms with Crippen LogP contribution in [-0.4, -0.2) is 47.3 Å². The Balaban J connectivity index is 1.55. The van der Waals surface area contributed by atoms with Gasteiger partial charge in [-0.1, -0.05) is 6.07 Å². The number of likely N-dealkylation sites (tertiary alicyclic amines) is 1. The van der Waals surface area contributed by atoms with Gasteiger partial charge in [-0.05, 0) is 57.0 Å². The SMILES string of the molecule is CC1(C(=O)O)CCN(CCc2ccc3c(c2)NC(=O)CS3)CC1. The number of nitrogens with zero attached hydrogens (tertiary/aromatic N) is 1. The van der Waals surface area contributed by atoms with Gasteiger partial charge in [-0.2, -0.15) is 0 Å². The number of thioether (sulfide) groups is 1. The van der Waals surface area contributed by atoms with Crippen molar-refractivity contribution >= 4 is 29.3 Å². The molecule has 2 aliphatic heterocycles. The Bertz CT molecular complexity index is 624. The molecule has 5 nitrogen and oxygen atoms in total. The molecule has 124 valence electrons. The van der Waals surface area contributed by atoms with E-state index in [9.17, 15) is 14.7 Å². The lowest BCUT2D eigenvalue weighted by atomic mass is 9.80. The molecule has 1 saturated heterocycles. The van der Waals surface area contributed by atoms with Gasteiger partial charge in [-0.25, -0.2) is 0 Å². The molecule has 0 aliphatic carbocycles. The molecule has 1 aromatic carbocycles. The van der Waals surface area contributed by atoms with Crippen LogP contribution < -0.4 is 5.32 Å². The second kappa shape index (κ2) is 6.53. The van der Waals surface area contributed by atoms with E-state index in [1.54, 1.807) is 11.8 Å². The van der Waals surface area contributed by atoms with E-state index in [0.29, 0.717) is 18.6 Å². The monoisotopic (exact) mass is 334 g/mol. The Morgan fingerprint density at radius 1 is 1.39 bits per heavy atom. The normalized spacial score (nSPS) is 20.7. The summed E-state index contributed by atoms with van der Waals surface area (Å²) in [6.07, 6.45) is 2.33. The highest BCUT2D eigenvalue weighted by Crippen LogP contribution is 2.33. The molecule has 0 spiro atoms. The van der Waals surface area contributed by atoms with Gasteiger partial charge in [0.1, 0.15) is 0 Å². The molecule has 1 amide bonds. The molecule has 6 heteroatoms. The summed E-state index contributed by atoms with van der Waals surface area (Å²) in [5, 5.41) is 12.2. The molecule has 1 fully saturated rings. The van der Waals surface area contributed by atoms with E-state index in [0.717, 1.165) is 36.6 Å². The second-order valence-electron chi connectivity index (χ2n) is 6.62. The zero-order valence-electron chi connectivity index (χ0n) is 13.3. The Morgan fingerprint density at radius 3 is 2.83 bits per heavy atom. The van der Waals surface area contributed by atoms with Gasteiger partial charge in [0.25, 0.3) is 0 Å². The summed E-state index contributed by atoms with van der Waals surface area (Å²) in [5.41, 5.74) is 1.56. The third-order valence-electron chi connectivity index (χ3n) is 4.87. The van der Waals surface area contributed by atoms with Gasteiger partial charge < -0.3 is 15.3 Å². The molecule has 2 heterocycles.